The number of nitro benzene ring substituents is 1. The molecule has 10 heteroatoms. The molecule has 1 aromatic carbocycles. The summed E-state index contributed by atoms with van der Waals surface area (Å²) in [6.45, 7) is 0.930. The van der Waals surface area contributed by atoms with Crippen molar-refractivity contribution < 1.29 is 13.3 Å². The molecule has 1 aliphatic rings. The van der Waals surface area contributed by atoms with Gasteiger partial charge >= 0.3 is 0 Å². The summed E-state index contributed by atoms with van der Waals surface area (Å²) >= 11 is 0. The van der Waals surface area contributed by atoms with Gasteiger partial charge in [0.2, 0.25) is 0 Å². The van der Waals surface area contributed by atoms with E-state index >= 15 is 0 Å². The second-order valence-corrected chi connectivity index (χ2v) is 7.67. The SMILES string of the molecule is CN=C(NCCNc1ccccc1[N+](=O)[O-])NC1CCS(=O)(=O)C1. The van der Waals surface area contributed by atoms with Gasteiger partial charge in [0.05, 0.1) is 16.4 Å². The molecule has 24 heavy (non-hydrogen) atoms. The lowest BCUT2D eigenvalue weighted by Crippen LogP contribution is -2.45. The molecule has 0 spiro atoms. The van der Waals surface area contributed by atoms with Gasteiger partial charge in [-0.25, -0.2) is 8.42 Å². The normalized spacial score (nSPS) is 19.7. The summed E-state index contributed by atoms with van der Waals surface area (Å²) in [5.74, 6) is 0.824. The van der Waals surface area contributed by atoms with E-state index in [2.05, 4.69) is 20.9 Å². The molecule has 2 rings (SSSR count). The highest BCUT2D eigenvalue weighted by Gasteiger charge is 2.28. The molecule has 1 fully saturated rings. The molecule has 0 saturated carbocycles. The van der Waals surface area contributed by atoms with Crippen molar-refractivity contribution >= 4 is 27.2 Å². The van der Waals surface area contributed by atoms with Gasteiger partial charge in [0.15, 0.2) is 15.8 Å². The van der Waals surface area contributed by atoms with E-state index < -0.39 is 14.8 Å². The first kappa shape index (κ1) is 18.0. The minimum atomic E-state index is -2.94. The van der Waals surface area contributed by atoms with Crippen LogP contribution in [-0.4, -0.2) is 57.0 Å². The fourth-order valence-corrected chi connectivity index (χ4v) is 4.13. The van der Waals surface area contributed by atoms with E-state index in [0.717, 1.165) is 0 Å². The maximum Gasteiger partial charge on any atom is 0.292 e. The largest absolute Gasteiger partial charge is 0.378 e. The summed E-state index contributed by atoms with van der Waals surface area (Å²) in [5.41, 5.74) is 0.477. The van der Waals surface area contributed by atoms with Crippen molar-refractivity contribution in [1.82, 2.24) is 10.6 Å². The number of rotatable bonds is 6. The third kappa shape index (κ3) is 5.08. The number of para-hydroxylation sites is 2. The average Bonchev–Trinajstić information content (AvgIpc) is 2.89. The Morgan fingerprint density at radius 3 is 2.75 bits per heavy atom. The van der Waals surface area contributed by atoms with Gasteiger partial charge in [-0.05, 0) is 12.5 Å². The van der Waals surface area contributed by atoms with E-state index in [-0.39, 0.29) is 23.2 Å². The molecular weight excluding hydrogens is 334 g/mol. The molecule has 0 bridgehead atoms. The summed E-state index contributed by atoms with van der Waals surface area (Å²) in [6.07, 6.45) is 0.567. The van der Waals surface area contributed by atoms with Crippen LogP contribution in [0, 0.1) is 10.1 Å². The third-order valence-corrected chi connectivity index (χ3v) is 5.40. The number of anilines is 1. The predicted molar refractivity (Wildman–Crippen MR) is 93.1 cm³/mol. The highest BCUT2D eigenvalue weighted by Crippen LogP contribution is 2.22. The molecule has 0 aromatic heterocycles. The Hall–Kier alpha value is -2.36. The van der Waals surface area contributed by atoms with Gasteiger partial charge in [-0.2, -0.15) is 0 Å². The molecule has 1 saturated heterocycles. The molecular formula is C14H21N5O4S. The van der Waals surface area contributed by atoms with Gasteiger partial charge in [-0.3, -0.25) is 15.1 Å². The zero-order chi connectivity index (χ0) is 17.6. The number of benzene rings is 1. The van der Waals surface area contributed by atoms with Gasteiger partial charge in [0, 0.05) is 32.2 Å². The van der Waals surface area contributed by atoms with Gasteiger partial charge < -0.3 is 16.0 Å². The van der Waals surface area contributed by atoms with Crippen molar-refractivity contribution in [2.75, 3.05) is 37.0 Å². The Labute approximate surface area is 140 Å². The van der Waals surface area contributed by atoms with E-state index in [1.54, 1.807) is 25.2 Å². The number of nitrogens with one attached hydrogen (secondary N) is 3. The van der Waals surface area contributed by atoms with Crippen LogP contribution in [0.3, 0.4) is 0 Å². The Morgan fingerprint density at radius 1 is 1.38 bits per heavy atom. The maximum absolute atomic E-state index is 11.4. The third-order valence-electron chi connectivity index (χ3n) is 3.63. The van der Waals surface area contributed by atoms with Crippen LogP contribution >= 0.6 is 0 Å². The number of hydrogen-bond donors (Lipinski definition) is 3. The van der Waals surface area contributed by atoms with Crippen molar-refractivity contribution in [2.24, 2.45) is 4.99 Å². The van der Waals surface area contributed by atoms with Crippen molar-refractivity contribution in [2.45, 2.75) is 12.5 Å². The molecule has 1 aromatic rings. The lowest BCUT2D eigenvalue weighted by molar-refractivity contribution is -0.384. The average molecular weight is 355 g/mol. The van der Waals surface area contributed by atoms with Crippen molar-refractivity contribution in [3.05, 3.63) is 34.4 Å². The first-order valence-corrected chi connectivity index (χ1v) is 9.38. The van der Waals surface area contributed by atoms with Gasteiger partial charge in [0.25, 0.3) is 5.69 Å². The zero-order valence-corrected chi connectivity index (χ0v) is 14.2. The lowest BCUT2D eigenvalue weighted by Gasteiger charge is -2.16. The molecule has 9 nitrogen and oxygen atoms in total. The Morgan fingerprint density at radius 2 is 2.12 bits per heavy atom. The molecule has 3 N–H and O–H groups in total. The molecule has 1 atom stereocenters. The fourth-order valence-electron chi connectivity index (χ4n) is 2.46. The summed E-state index contributed by atoms with van der Waals surface area (Å²) in [7, 11) is -1.34. The monoisotopic (exact) mass is 355 g/mol. The molecule has 1 heterocycles. The fraction of sp³-hybridized carbons (Fsp3) is 0.500. The summed E-state index contributed by atoms with van der Waals surface area (Å²) in [6, 6.07) is 6.29. The molecule has 132 valence electrons. The quantitative estimate of drug-likeness (QED) is 0.221. The molecule has 0 aliphatic carbocycles. The first-order chi connectivity index (χ1) is 11.4. The van der Waals surface area contributed by atoms with E-state index in [4.69, 9.17) is 0 Å². The minimum absolute atomic E-state index is 0.0242. The smallest absolute Gasteiger partial charge is 0.292 e. The Bertz CT molecular complexity index is 720. The summed E-state index contributed by atoms with van der Waals surface area (Å²) in [4.78, 5) is 14.5. The number of nitro groups is 1. The Balaban J connectivity index is 1.78. The summed E-state index contributed by atoms with van der Waals surface area (Å²) in [5, 5.41) is 20.1. The Kier molecular flexibility index (Phi) is 5.96. The van der Waals surface area contributed by atoms with Crippen LogP contribution in [0.25, 0.3) is 0 Å². The predicted octanol–water partition coefficient (Wildman–Crippen LogP) is 0.359. The van der Waals surface area contributed by atoms with Crippen LogP contribution < -0.4 is 16.0 Å². The topological polar surface area (TPSA) is 126 Å². The number of nitrogens with zero attached hydrogens (tertiary/aromatic N) is 2. The van der Waals surface area contributed by atoms with Crippen molar-refractivity contribution in [3.8, 4) is 0 Å². The van der Waals surface area contributed by atoms with Crippen LogP contribution in [0.4, 0.5) is 11.4 Å². The number of aliphatic imine (C=N–C) groups is 1. The number of sulfone groups is 1. The minimum Gasteiger partial charge on any atom is -0.378 e. The number of hydrogen-bond acceptors (Lipinski definition) is 6. The van der Waals surface area contributed by atoms with Crippen LogP contribution in [0.5, 0.6) is 0 Å². The van der Waals surface area contributed by atoms with E-state index in [0.29, 0.717) is 31.2 Å². The first-order valence-electron chi connectivity index (χ1n) is 7.56. The molecule has 1 unspecified atom stereocenters. The van der Waals surface area contributed by atoms with Gasteiger partial charge in [-0.15, -0.1) is 0 Å². The van der Waals surface area contributed by atoms with E-state index in [1.165, 1.54) is 6.07 Å². The van der Waals surface area contributed by atoms with E-state index in [1.807, 2.05) is 0 Å². The van der Waals surface area contributed by atoms with Crippen molar-refractivity contribution in [1.29, 1.82) is 0 Å². The maximum atomic E-state index is 11.4. The second-order valence-electron chi connectivity index (χ2n) is 5.44. The molecule has 1 aliphatic heterocycles. The zero-order valence-electron chi connectivity index (χ0n) is 13.4. The summed E-state index contributed by atoms with van der Waals surface area (Å²) < 4.78 is 22.9. The van der Waals surface area contributed by atoms with Crippen LogP contribution in [0.2, 0.25) is 0 Å². The number of guanidine groups is 1. The highest BCUT2D eigenvalue weighted by molar-refractivity contribution is 7.91. The van der Waals surface area contributed by atoms with Crippen LogP contribution in [-0.2, 0) is 9.84 Å². The van der Waals surface area contributed by atoms with E-state index in [9.17, 15) is 18.5 Å². The van der Waals surface area contributed by atoms with Crippen LogP contribution in [0.15, 0.2) is 29.3 Å². The van der Waals surface area contributed by atoms with Crippen molar-refractivity contribution in [3.63, 3.8) is 0 Å². The standard InChI is InChI=1S/C14H21N5O4S/c1-15-14(18-11-6-9-24(22,23)10-11)17-8-7-16-12-4-2-3-5-13(12)19(20)21/h2-5,11,16H,6-10H2,1H3,(H2,15,17,18). The van der Waals surface area contributed by atoms with Gasteiger partial charge in [-0.1, -0.05) is 12.1 Å². The lowest BCUT2D eigenvalue weighted by atomic mass is 10.2. The molecule has 0 amide bonds. The van der Waals surface area contributed by atoms with Crippen LogP contribution in [0.1, 0.15) is 6.42 Å². The highest BCUT2D eigenvalue weighted by atomic mass is 32.2. The van der Waals surface area contributed by atoms with Gasteiger partial charge in [0.1, 0.15) is 5.69 Å². The second kappa shape index (κ2) is 7.95. The molecule has 0 radical (unpaired) electrons.